The van der Waals surface area contributed by atoms with Crippen molar-refractivity contribution in [1.82, 2.24) is 0 Å². The third kappa shape index (κ3) is 2.58. The Morgan fingerprint density at radius 1 is 1.60 bits per heavy atom. The van der Waals surface area contributed by atoms with Gasteiger partial charge in [-0.15, -0.1) is 0 Å². The Balaban J connectivity index is 2.57. The van der Waals surface area contributed by atoms with Crippen LogP contribution in [0.5, 0.6) is 0 Å². The van der Waals surface area contributed by atoms with Crippen molar-refractivity contribution in [3.05, 3.63) is 12.2 Å². The van der Waals surface area contributed by atoms with E-state index in [-0.39, 0.29) is 5.97 Å². The molecule has 1 atom stereocenters. The largest absolute Gasteiger partial charge is 0.387 e. The Labute approximate surface area is 90.7 Å². The number of carbonyl (C=O) groups is 1. The lowest BCUT2D eigenvalue weighted by atomic mass is 10.1. The molecule has 1 saturated heterocycles. The van der Waals surface area contributed by atoms with Gasteiger partial charge < -0.3 is 9.84 Å². The molecule has 0 aromatic carbocycles. The van der Waals surface area contributed by atoms with Crippen LogP contribution in [-0.4, -0.2) is 41.6 Å². The minimum absolute atomic E-state index is 0.296. The van der Waals surface area contributed by atoms with Crippen LogP contribution >= 0.6 is 0 Å². The summed E-state index contributed by atoms with van der Waals surface area (Å²) in [4.78, 5) is 11.1. The molecule has 0 spiro atoms. The van der Waals surface area contributed by atoms with E-state index < -0.39 is 6.41 Å². The zero-order valence-electron chi connectivity index (χ0n) is 9.53. The average molecular weight is 214 g/mol. The van der Waals surface area contributed by atoms with Gasteiger partial charge in [-0.1, -0.05) is 20.4 Å². The van der Waals surface area contributed by atoms with E-state index in [9.17, 15) is 9.90 Å². The number of rotatable bonds is 5. The zero-order valence-corrected chi connectivity index (χ0v) is 9.53. The van der Waals surface area contributed by atoms with Crippen molar-refractivity contribution >= 4 is 5.97 Å². The molecule has 0 aliphatic carbocycles. The second-order valence-corrected chi connectivity index (χ2v) is 4.18. The van der Waals surface area contributed by atoms with Crippen LogP contribution in [0, 0.1) is 0 Å². The summed E-state index contributed by atoms with van der Waals surface area (Å²) in [5, 5.41) is 9.86. The molecule has 1 aliphatic heterocycles. The molecule has 1 N–H and O–H groups in total. The summed E-state index contributed by atoms with van der Waals surface area (Å²) in [6.45, 7) is 9.87. The lowest BCUT2D eigenvalue weighted by Crippen LogP contribution is -2.66. The van der Waals surface area contributed by atoms with Crippen LogP contribution in [0.25, 0.3) is 0 Å². The highest BCUT2D eigenvalue weighted by Gasteiger charge is 2.46. The first kappa shape index (κ1) is 12.2. The van der Waals surface area contributed by atoms with Gasteiger partial charge >= 0.3 is 12.4 Å². The molecular formula is C11H20NO3+. The Kier molecular flexibility index (Phi) is 3.88. The van der Waals surface area contributed by atoms with Gasteiger partial charge in [-0.05, 0) is 6.42 Å². The number of esters is 1. The summed E-state index contributed by atoms with van der Waals surface area (Å²) >= 11 is 0. The summed E-state index contributed by atoms with van der Waals surface area (Å²) < 4.78 is 5.39. The lowest BCUT2D eigenvalue weighted by Gasteiger charge is -2.47. The first-order valence-electron chi connectivity index (χ1n) is 5.44. The van der Waals surface area contributed by atoms with Gasteiger partial charge in [-0.2, -0.15) is 0 Å². The van der Waals surface area contributed by atoms with Gasteiger partial charge in [0.2, 0.25) is 0 Å². The van der Waals surface area contributed by atoms with Crippen LogP contribution in [0.15, 0.2) is 12.2 Å². The third-order valence-corrected chi connectivity index (χ3v) is 2.74. The molecule has 86 valence electrons. The number of carbonyl (C=O) groups excluding carboxylic acids is 1. The fourth-order valence-electron chi connectivity index (χ4n) is 2.03. The van der Waals surface area contributed by atoms with Gasteiger partial charge in [-0.3, -0.25) is 9.28 Å². The molecule has 1 rings (SSSR count). The second-order valence-electron chi connectivity index (χ2n) is 4.18. The molecule has 1 heterocycles. The Morgan fingerprint density at radius 3 is 2.60 bits per heavy atom. The number of ether oxygens (including phenoxy) is 1. The van der Waals surface area contributed by atoms with E-state index in [1.807, 2.05) is 0 Å². The van der Waals surface area contributed by atoms with Crippen LogP contribution in [0.2, 0.25) is 0 Å². The molecule has 0 aromatic rings. The van der Waals surface area contributed by atoms with E-state index in [1.54, 1.807) is 6.92 Å². The van der Waals surface area contributed by atoms with E-state index >= 15 is 0 Å². The van der Waals surface area contributed by atoms with Gasteiger partial charge in [0.15, 0.2) is 0 Å². The molecule has 4 heteroatoms. The molecule has 1 aliphatic rings. The minimum atomic E-state index is -1.03. The van der Waals surface area contributed by atoms with E-state index in [4.69, 9.17) is 4.74 Å². The third-order valence-electron chi connectivity index (χ3n) is 2.74. The maximum Gasteiger partial charge on any atom is 0.351 e. The predicted octanol–water partition coefficient (Wildman–Crippen LogP) is 1.01. The SMILES string of the molecule is C=C1C[N+](CCC)([C@H](O)OC(=O)CC)C1. The first-order valence-corrected chi connectivity index (χ1v) is 5.44. The van der Waals surface area contributed by atoms with E-state index in [1.165, 1.54) is 0 Å². The lowest BCUT2D eigenvalue weighted by molar-refractivity contribution is -1.01. The molecule has 0 radical (unpaired) electrons. The van der Waals surface area contributed by atoms with E-state index in [2.05, 4.69) is 13.5 Å². The van der Waals surface area contributed by atoms with Crippen molar-refractivity contribution < 1.29 is 19.1 Å². The molecule has 0 saturated carbocycles. The smallest absolute Gasteiger partial charge is 0.351 e. The highest BCUT2D eigenvalue weighted by atomic mass is 16.7. The molecule has 15 heavy (non-hydrogen) atoms. The molecular weight excluding hydrogens is 194 g/mol. The Morgan fingerprint density at radius 2 is 2.20 bits per heavy atom. The normalized spacial score (nSPS) is 20.6. The molecule has 0 bridgehead atoms. The molecule has 0 aromatic heterocycles. The topological polar surface area (TPSA) is 46.5 Å². The van der Waals surface area contributed by atoms with E-state index in [0.29, 0.717) is 24.0 Å². The van der Waals surface area contributed by atoms with Crippen LogP contribution in [-0.2, 0) is 9.53 Å². The number of aliphatic hydroxyl groups excluding tert-OH is 1. The highest BCUT2D eigenvalue weighted by Crippen LogP contribution is 2.28. The van der Waals surface area contributed by atoms with Crippen molar-refractivity contribution in [1.29, 1.82) is 0 Å². The van der Waals surface area contributed by atoms with Crippen molar-refractivity contribution in [3.63, 3.8) is 0 Å². The first-order chi connectivity index (χ1) is 7.04. The Bertz CT molecular complexity index is 255. The number of likely N-dealkylation sites (tertiary alicyclic amines) is 1. The maximum absolute atomic E-state index is 11.1. The highest BCUT2D eigenvalue weighted by molar-refractivity contribution is 5.68. The monoisotopic (exact) mass is 214 g/mol. The van der Waals surface area contributed by atoms with Gasteiger partial charge in [0.1, 0.15) is 13.1 Å². The van der Waals surface area contributed by atoms with Gasteiger partial charge in [0, 0.05) is 12.0 Å². The fourth-order valence-corrected chi connectivity index (χ4v) is 2.03. The summed E-state index contributed by atoms with van der Waals surface area (Å²) in [6, 6.07) is 0. The van der Waals surface area contributed by atoms with Crippen LogP contribution in [0.3, 0.4) is 0 Å². The van der Waals surface area contributed by atoms with Gasteiger partial charge in [0.25, 0.3) is 0 Å². The van der Waals surface area contributed by atoms with Crippen molar-refractivity contribution in [3.8, 4) is 0 Å². The average Bonchev–Trinajstić information content (AvgIpc) is 2.14. The van der Waals surface area contributed by atoms with Crippen LogP contribution < -0.4 is 0 Å². The molecule has 0 unspecified atom stereocenters. The van der Waals surface area contributed by atoms with Crippen LogP contribution in [0.4, 0.5) is 0 Å². The van der Waals surface area contributed by atoms with Crippen molar-refractivity contribution in [2.75, 3.05) is 19.6 Å². The number of aliphatic hydroxyl groups is 1. The summed E-state index contributed by atoms with van der Waals surface area (Å²) in [5.74, 6) is -0.353. The maximum atomic E-state index is 11.1. The van der Waals surface area contributed by atoms with E-state index in [0.717, 1.165) is 18.5 Å². The zero-order chi connectivity index (χ0) is 11.5. The van der Waals surface area contributed by atoms with Crippen LogP contribution in [0.1, 0.15) is 26.7 Å². The quantitative estimate of drug-likeness (QED) is 0.321. The number of nitrogens with zero attached hydrogens (tertiary/aromatic N) is 1. The summed E-state index contributed by atoms with van der Waals surface area (Å²) in [5.41, 5.74) is 1.11. The van der Waals surface area contributed by atoms with Gasteiger partial charge in [-0.25, -0.2) is 0 Å². The number of hydrogen-bond acceptors (Lipinski definition) is 3. The summed E-state index contributed by atoms with van der Waals surface area (Å²) in [7, 11) is 0. The fraction of sp³-hybridized carbons (Fsp3) is 0.727. The predicted molar refractivity (Wildman–Crippen MR) is 56.7 cm³/mol. The van der Waals surface area contributed by atoms with Crippen molar-refractivity contribution in [2.24, 2.45) is 0 Å². The minimum Gasteiger partial charge on any atom is -0.387 e. The van der Waals surface area contributed by atoms with Gasteiger partial charge in [0.05, 0.1) is 6.54 Å². The Hall–Kier alpha value is -0.870. The van der Waals surface area contributed by atoms with Crippen molar-refractivity contribution in [2.45, 2.75) is 33.1 Å². The standard InChI is InChI=1S/C11H20NO3/c1-4-6-12(7-9(3)8-12)11(14)15-10(13)5-2/h11,14H,3-8H2,1-2H3/q+1/t11-/m1/s1. The summed E-state index contributed by atoms with van der Waals surface area (Å²) in [6.07, 6.45) is 0.223. The number of quaternary nitrogens is 1. The second kappa shape index (κ2) is 4.77. The molecule has 4 nitrogen and oxygen atoms in total. The molecule has 0 amide bonds. The number of hydrogen-bond donors (Lipinski definition) is 1. The molecule has 1 fully saturated rings.